The van der Waals surface area contributed by atoms with Gasteiger partial charge in [0.05, 0.1) is 12.1 Å². The monoisotopic (exact) mass is 377 g/mol. The summed E-state index contributed by atoms with van der Waals surface area (Å²) in [6.07, 6.45) is -4.45. The minimum atomic E-state index is -4.45. The SMILES string of the molecule is O=C(CNc1ccccc1C(F)(F)F)N1CCN(Cc2ccccc2)CC1. The molecule has 27 heavy (non-hydrogen) atoms. The summed E-state index contributed by atoms with van der Waals surface area (Å²) >= 11 is 0. The van der Waals surface area contributed by atoms with E-state index in [1.807, 2.05) is 18.2 Å². The van der Waals surface area contributed by atoms with Crippen molar-refractivity contribution in [2.24, 2.45) is 0 Å². The van der Waals surface area contributed by atoms with E-state index in [1.54, 1.807) is 4.90 Å². The number of alkyl halides is 3. The number of para-hydroxylation sites is 1. The van der Waals surface area contributed by atoms with E-state index in [9.17, 15) is 18.0 Å². The summed E-state index contributed by atoms with van der Waals surface area (Å²) < 4.78 is 39.0. The topological polar surface area (TPSA) is 35.6 Å². The highest BCUT2D eigenvalue weighted by Gasteiger charge is 2.33. The van der Waals surface area contributed by atoms with Gasteiger partial charge in [-0.2, -0.15) is 13.2 Å². The van der Waals surface area contributed by atoms with Crippen LogP contribution in [0.2, 0.25) is 0 Å². The van der Waals surface area contributed by atoms with E-state index in [4.69, 9.17) is 0 Å². The number of anilines is 1. The Labute approximate surface area is 156 Å². The van der Waals surface area contributed by atoms with Crippen molar-refractivity contribution in [2.45, 2.75) is 12.7 Å². The largest absolute Gasteiger partial charge is 0.418 e. The van der Waals surface area contributed by atoms with Crippen LogP contribution in [0.1, 0.15) is 11.1 Å². The van der Waals surface area contributed by atoms with Gasteiger partial charge < -0.3 is 10.2 Å². The van der Waals surface area contributed by atoms with Crippen LogP contribution in [0.5, 0.6) is 0 Å². The van der Waals surface area contributed by atoms with Crippen LogP contribution in [-0.2, 0) is 17.5 Å². The van der Waals surface area contributed by atoms with Crippen LogP contribution in [0.4, 0.5) is 18.9 Å². The molecule has 0 saturated carbocycles. The Bertz CT molecular complexity index is 757. The lowest BCUT2D eigenvalue weighted by Gasteiger charge is -2.35. The van der Waals surface area contributed by atoms with Gasteiger partial charge in [0.25, 0.3) is 0 Å². The predicted octanol–water partition coefficient (Wildman–Crippen LogP) is 3.46. The average Bonchev–Trinajstić information content (AvgIpc) is 2.67. The number of hydrogen-bond donors (Lipinski definition) is 1. The van der Waals surface area contributed by atoms with Gasteiger partial charge >= 0.3 is 6.18 Å². The molecule has 0 bridgehead atoms. The number of nitrogens with one attached hydrogen (secondary N) is 1. The first kappa shape index (κ1) is 19.2. The zero-order valence-corrected chi connectivity index (χ0v) is 14.9. The van der Waals surface area contributed by atoms with E-state index in [2.05, 4.69) is 22.3 Å². The lowest BCUT2D eigenvalue weighted by molar-refractivity contribution is -0.137. The Hall–Kier alpha value is -2.54. The number of nitrogens with zero attached hydrogens (tertiary/aromatic N) is 2. The van der Waals surface area contributed by atoms with Crippen LogP contribution in [0.25, 0.3) is 0 Å². The van der Waals surface area contributed by atoms with E-state index in [1.165, 1.54) is 23.8 Å². The zero-order valence-electron chi connectivity index (χ0n) is 14.9. The van der Waals surface area contributed by atoms with Gasteiger partial charge in [0.2, 0.25) is 5.91 Å². The van der Waals surface area contributed by atoms with Crippen molar-refractivity contribution < 1.29 is 18.0 Å². The maximum atomic E-state index is 13.0. The first-order valence-corrected chi connectivity index (χ1v) is 8.87. The molecule has 0 radical (unpaired) electrons. The minimum Gasteiger partial charge on any atom is -0.376 e. The lowest BCUT2D eigenvalue weighted by Crippen LogP contribution is -2.49. The van der Waals surface area contributed by atoms with Gasteiger partial charge in [-0.3, -0.25) is 9.69 Å². The molecule has 2 aromatic rings. The third kappa shape index (κ3) is 5.23. The van der Waals surface area contributed by atoms with Crippen molar-refractivity contribution >= 4 is 11.6 Å². The number of carbonyl (C=O) groups is 1. The van der Waals surface area contributed by atoms with Crippen LogP contribution in [-0.4, -0.2) is 48.4 Å². The maximum absolute atomic E-state index is 13.0. The number of halogens is 3. The first-order valence-electron chi connectivity index (χ1n) is 8.87. The van der Waals surface area contributed by atoms with Crippen LogP contribution < -0.4 is 5.32 Å². The normalized spacial score (nSPS) is 15.6. The summed E-state index contributed by atoms with van der Waals surface area (Å²) in [4.78, 5) is 16.3. The molecule has 0 spiro atoms. The van der Waals surface area contributed by atoms with Crippen LogP contribution >= 0.6 is 0 Å². The Morgan fingerprint density at radius 2 is 1.56 bits per heavy atom. The Morgan fingerprint density at radius 3 is 2.22 bits per heavy atom. The van der Waals surface area contributed by atoms with Gasteiger partial charge in [0.15, 0.2) is 0 Å². The van der Waals surface area contributed by atoms with Gasteiger partial charge in [0.1, 0.15) is 0 Å². The lowest BCUT2D eigenvalue weighted by atomic mass is 10.1. The molecule has 7 heteroatoms. The molecular weight excluding hydrogens is 355 g/mol. The molecule has 0 atom stereocenters. The summed E-state index contributed by atoms with van der Waals surface area (Å²) in [5.41, 5.74) is 0.397. The number of benzene rings is 2. The molecule has 1 saturated heterocycles. The Balaban J connectivity index is 1.49. The molecule has 1 N–H and O–H groups in total. The average molecular weight is 377 g/mol. The highest BCUT2D eigenvalue weighted by Crippen LogP contribution is 2.34. The van der Waals surface area contributed by atoms with E-state index in [-0.39, 0.29) is 18.1 Å². The zero-order chi connectivity index (χ0) is 19.3. The van der Waals surface area contributed by atoms with E-state index >= 15 is 0 Å². The summed E-state index contributed by atoms with van der Waals surface area (Å²) in [6, 6.07) is 15.3. The number of amides is 1. The number of piperazine rings is 1. The van der Waals surface area contributed by atoms with Crippen molar-refractivity contribution in [3.8, 4) is 0 Å². The Kier molecular flexibility index (Phi) is 6.01. The van der Waals surface area contributed by atoms with Gasteiger partial charge in [-0.1, -0.05) is 42.5 Å². The fourth-order valence-corrected chi connectivity index (χ4v) is 3.16. The fraction of sp³-hybridized carbons (Fsp3) is 0.350. The van der Waals surface area contributed by atoms with E-state index < -0.39 is 11.7 Å². The van der Waals surface area contributed by atoms with Crippen molar-refractivity contribution in [3.05, 3.63) is 65.7 Å². The Morgan fingerprint density at radius 1 is 0.926 bits per heavy atom. The molecule has 1 aliphatic rings. The number of carbonyl (C=O) groups excluding carboxylic acids is 1. The molecule has 0 unspecified atom stereocenters. The molecular formula is C20H22F3N3O. The molecule has 3 rings (SSSR count). The molecule has 144 valence electrons. The first-order chi connectivity index (χ1) is 12.9. The molecule has 0 aliphatic carbocycles. The summed E-state index contributed by atoms with van der Waals surface area (Å²) in [5, 5.41) is 2.64. The van der Waals surface area contributed by atoms with Crippen molar-refractivity contribution in [3.63, 3.8) is 0 Å². The van der Waals surface area contributed by atoms with Crippen molar-refractivity contribution in [1.29, 1.82) is 0 Å². The molecule has 1 aliphatic heterocycles. The molecule has 1 heterocycles. The molecule has 4 nitrogen and oxygen atoms in total. The second-order valence-electron chi connectivity index (χ2n) is 6.54. The number of rotatable bonds is 5. The van der Waals surface area contributed by atoms with E-state index in [0.717, 1.165) is 25.7 Å². The van der Waals surface area contributed by atoms with Crippen molar-refractivity contribution in [2.75, 3.05) is 38.0 Å². The van der Waals surface area contributed by atoms with E-state index in [0.29, 0.717) is 13.1 Å². The van der Waals surface area contributed by atoms with Crippen LogP contribution in [0, 0.1) is 0 Å². The minimum absolute atomic E-state index is 0.0685. The fourth-order valence-electron chi connectivity index (χ4n) is 3.16. The summed E-state index contributed by atoms with van der Waals surface area (Å²) in [7, 11) is 0. The highest BCUT2D eigenvalue weighted by molar-refractivity contribution is 5.81. The quantitative estimate of drug-likeness (QED) is 0.867. The second kappa shape index (κ2) is 8.43. The summed E-state index contributed by atoms with van der Waals surface area (Å²) in [6.45, 7) is 3.34. The molecule has 1 amide bonds. The molecule has 0 aromatic heterocycles. The maximum Gasteiger partial charge on any atom is 0.418 e. The molecule has 2 aromatic carbocycles. The van der Waals surface area contributed by atoms with Gasteiger partial charge in [-0.05, 0) is 17.7 Å². The third-order valence-electron chi connectivity index (χ3n) is 4.64. The van der Waals surface area contributed by atoms with Gasteiger partial charge in [-0.15, -0.1) is 0 Å². The smallest absolute Gasteiger partial charge is 0.376 e. The second-order valence-corrected chi connectivity index (χ2v) is 6.54. The van der Waals surface area contributed by atoms with Gasteiger partial charge in [0, 0.05) is 38.4 Å². The molecule has 1 fully saturated rings. The standard InChI is InChI=1S/C20H22F3N3O/c21-20(22,23)17-8-4-5-9-18(17)24-14-19(27)26-12-10-25(11-13-26)15-16-6-2-1-3-7-16/h1-9,24H,10-15H2. The summed E-state index contributed by atoms with van der Waals surface area (Å²) in [5.74, 6) is -0.189. The predicted molar refractivity (Wildman–Crippen MR) is 98.2 cm³/mol. The number of hydrogen-bond acceptors (Lipinski definition) is 3. The van der Waals surface area contributed by atoms with Crippen molar-refractivity contribution in [1.82, 2.24) is 9.80 Å². The van der Waals surface area contributed by atoms with Crippen LogP contribution in [0.3, 0.4) is 0 Å². The van der Waals surface area contributed by atoms with Gasteiger partial charge in [-0.25, -0.2) is 0 Å². The third-order valence-corrected chi connectivity index (χ3v) is 4.64. The highest BCUT2D eigenvalue weighted by atomic mass is 19.4. The van der Waals surface area contributed by atoms with Crippen LogP contribution in [0.15, 0.2) is 54.6 Å².